The first kappa shape index (κ1) is 11.5. The molecule has 0 amide bonds. The number of aryl methyl sites for hydroxylation is 2. The number of nitrogens with one attached hydrogen (secondary N) is 1. The topological polar surface area (TPSA) is 50.9 Å². The van der Waals surface area contributed by atoms with Crippen LogP contribution >= 0.6 is 0 Å². The van der Waals surface area contributed by atoms with E-state index in [1.54, 1.807) is 0 Å². The summed E-state index contributed by atoms with van der Waals surface area (Å²) in [5, 5.41) is 3.35. The summed E-state index contributed by atoms with van der Waals surface area (Å²) >= 11 is 0. The lowest BCUT2D eigenvalue weighted by atomic mass is 10.2. The maximum absolute atomic E-state index is 5.76. The largest absolute Gasteiger partial charge is 0.399 e. The van der Waals surface area contributed by atoms with Crippen LogP contribution in [-0.4, -0.2) is 4.98 Å². The van der Waals surface area contributed by atoms with Gasteiger partial charge in [0.15, 0.2) is 0 Å². The van der Waals surface area contributed by atoms with Gasteiger partial charge in [0.1, 0.15) is 0 Å². The molecule has 0 aliphatic heterocycles. The number of pyridine rings is 1. The highest BCUT2D eigenvalue weighted by Gasteiger charge is 1.99. The third-order valence-electron chi connectivity index (χ3n) is 2.67. The van der Waals surface area contributed by atoms with Crippen molar-refractivity contribution in [2.75, 3.05) is 11.1 Å². The monoisotopic (exact) mass is 227 g/mol. The van der Waals surface area contributed by atoms with Crippen molar-refractivity contribution in [1.82, 2.24) is 4.98 Å². The van der Waals surface area contributed by atoms with E-state index >= 15 is 0 Å². The molecule has 2 aromatic rings. The fraction of sp³-hybridized carbons (Fsp3) is 0.214. The Balaban J connectivity index is 2.09. The molecule has 0 spiro atoms. The molecule has 2 rings (SSSR count). The van der Waals surface area contributed by atoms with Crippen LogP contribution in [0.2, 0.25) is 0 Å². The molecule has 0 fully saturated rings. The summed E-state index contributed by atoms with van der Waals surface area (Å²) in [4.78, 5) is 4.45. The molecule has 1 heterocycles. The number of rotatable bonds is 3. The van der Waals surface area contributed by atoms with E-state index in [9.17, 15) is 0 Å². The number of nitrogens with zero attached hydrogens (tertiary/aromatic N) is 1. The molecular formula is C14H17N3. The standard InChI is InChI=1S/C14H17N3/c1-10-6-7-12(15)8-14(10)16-9-13-5-3-4-11(2)17-13/h3-8,16H,9,15H2,1-2H3. The quantitative estimate of drug-likeness (QED) is 0.793. The molecule has 88 valence electrons. The van der Waals surface area contributed by atoms with Crippen LogP contribution < -0.4 is 11.1 Å². The van der Waals surface area contributed by atoms with Gasteiger partial charge in [0.25, 0.3) is 0 Å². The number of nitrogens with two attached hydrogens (primary N) is 1. The second kappa shape index (κ2) is 4.87. The van der Waals surface area contributed by atoms with Crippen molar-refractivity contribution in [1.29, 1.82) is 0 Å². The van der Waals surface area contributed by atoms with Gasteiger partial charge in [-0.15, -0.1) is 0 Å². The summed E-state index contributed by atoms with van der Waals surface area (Å²) < 4.78 is 0. The maximum Gasteiger partial charge on any atom is 0.0597 e. The fourth-order valence-electron chi connectivity index (χ4n) is 1.71. The Morgan fingerprint density at radius 2 is 2.00 bits per heavy atom. The summed E-state index contributed by atoms with van der Waals surface area (Å²) in [6.45, 7) is 4.77. The molecule has 1 aromatic carbocycles. The molecule has 0 aliphatic rings. The molecular weight excluding hydrogens is 210 g/mol. The Labute approximate surface area is 102 Å². The van der Waals surface area contributed by atoms with Crippen LogP contribution in [0.3, 0.4) is 0 Å². The van der Waals surface area contributed by atoms with Crippen molar-refractivity contribution >= 4 is 11.4 Å². The van der Waals surface area contributed by atoms with Crippen molar-refractivity contribution in [2.24, 2.45) is 0 Å². The van der Waals surface area contributed by atoms with Gasteiger partial charge < -0.3 is 11.1 Å². The second-order valence-corrected chi connectivity index (χ2v) is 4.20. The maximum atomic E-state index is 5.76. The molecule has 0 radical (unpaired) electrons. The van der Waals surface area contributed by atoms with Gasteiger partial charge in [0.2, 0.25) is 0 Å². The number of benzene rings is 1. The molecule has 0 atom stereocenters. The Morgan fingerprint density at radius 3 is 2.76 bits per heavy atom. The third-order valence-corrected chi connectivity index (χ3v) is 2.67. The predicted molar refractivity (Wildman–Crippen MR) is 71.9 cm³/mol. The SMILES string of the molecule is Cc1cccc(CNc2cc(N)ccc2C)n1. The van der Waals surface area contributed by atoms with Gasteiger partial charge in [-0.2, -0.15) is 0 Å². The van der Waals surface area contributed by atoms with Gasteiger partial charge in [0, 0.05) is 17.1 Å². The average molecular weight is 227 g/mol. The molecule has 1 aromatic heterocycles. The Kier molecular flexibility index (Phi) is 3.28. The van der Waals surface area contributed by atoms with Crippen LogP contribution in [-0.2, 0) is 6.54 Å². The molecule has 3 nitrogen and oxygen atoms in total. The fourth-order valence-corrected chi connectivity index (χ4v) is 1.71. The van der Waals surface area contributed by atoms with E-state index < -0.39 is 0 Å². The summed E-state index contributed by atoms with van der Waals surface area (Å²) in [6, 6.07) is 11.9. The second-order valence-electron chi connectivity index (χ2n) is 4.20. The summed E-state index contributed by atoms with van der Waals surface area (Å²) in [6.07, 6.45) is 0. The summed E-state index contributed by atoms with van der Waals surface area (Å²) in [7, 11) is 0. The predicted octanol–water partition coefficient (Wildman–Crippen LogP) is 2.89. The van der Waals surface area contributed by atoms with E-state index in [2.05, 4.69) is 17.2 Å². The average Bonchev–Trinajstić information content (AvgIpc) is 2.30. The van der Waals surface area contributed by atoms with Crippen molar-refractivity contribution in [3.63, 3.8) is 0 Å². The van der Waals surface area contributed by atoms with Gasteiger partial charge in [-0.3, -0.25) is 4.98 Å². The van der Waals surface area contributed by atoms with E-state index in [0.29, 0.717) is 6.54 Å². The highest BCUT2D eigenvalue weighted by Crippen LogP contribution is 2.18. The minimum atomic E-state index is 0.714. The smallest absolute Gasteiger partial charge is 0.0597 e. The van der Waals surface area contributed by atoms with Gasteiger partial charge in [0.05, 0.1) is 12.2 Å². The van der Waals surface area contributed by atoms with Crippen LogP contribution in [0.5, 0.6) is 0 Å². The van der Waals surface area contributed by atoms with Gasteiger partial charge in [-0.1, -0.05) is 12.1 Å². The highest BCUT2D eigenvalue weighted by atomic mass is 14.9. The van der Waals surface area contributed by atoms with Crippen molar-refractivity contribution in [2.45, 2.75) is 20.4 Å². The molecule has 0 saturated heterocycles. The lowest BCUT2D eigenvalue weighted by Gasteiger charge is -2.10. The van der Waals surface area contributed by atoms with Crippen molar-refractivity contribution in [3.8, 4) is 0 Å². The summed E-state index contributed by atoms with van der Waals surface area (Å²) in [5.74, 6) is 0. The van der Waals surface area contributed by atoms with Crippen LogP contribution in [0.15, 0.2) is 36.4 Å². The van der Waals surface area contributed by atoms with Gasteiger partial charge >= 0.3 is 0 Å². The Bertz CT molecular complexity index is 521. The third kappa shape index (κ3) is 2.97. The van der Waals surface area contributed by atoms with Gasteiger partial charge in [-0.25, -0.2) is 0 Å². The lowest BCUT2D eigenvalue weighted by molar-refractivity contribution is 1.01. The van der Waals surface area contributed by atoms with E-state index in [1.807, 2.05) is 43.3 Å². The van der Waals surface area contributed by atoms with Crippen LogP contribution in [0.1, 0.15) is 17.0 Å². The first-order valence-corrected chi connectivity index (χ1v) is 5.68. The number of nitrogen functional groups attached to an aromatic ring is 1. The Morgan fingerprint density at radius 1 is 1.18 bits per heavy atom. The molecule has 3 heteroatoms. The van der Waals surface area contributed by atoms with E-state index in [1.165, 1.54) is 5.56 Å². The highest BCUT2D eigenvalue weighted by molar-refractivity contribution is 5.59. The molecule has 0 bridgehead atoms. The van der Waals surface area contributed by atoms with E-state index in [0.717, 1.165) is 22.8 Å². The minimum Gasteiger partial charge on any atom is -0.399 e. The first-order valence-electron chi connectivity index (χ1n) is 5.68. The number of hydrogen-bond acceptors (Lipinski definition) is 3. The zero-order valence-corrected chi connectivity index (χ0v) is 10.2. The Hall–Kier alpha value is -2.03. The minimum absolute atomic E-state index is 0.714. The molecule has 0 saturated carbocycles. The zero-order chi connectivity index (χ0) is 12.3. The lowest BCUT2D eigenvalue weighted by Crippen LogP contribution is -2.04. The normalized spacial score (nSPS) is 10.2. The molecule has 0 unspecified atom stereocenters. The molecule has 3 N–H and O–H groups in total. The zero-order valence-electron chi connectivity index (χ0n) is 10.2. The molecule has 0 aliphatic carbocycles. The van der Waals surface area contributed by atoms with E-state index in [4.69, 9.17) is 5.73 Å². The number of hydrogen-bond donors (Lipinski definition) is 2. The van der Waals surface area contributed by atoms with Gasteiger partial charge in [-0.05, 0) is 43.7 Å². The van der Waals surface area contributed by atoms with Crippen LogP contribution in [0, 0.1) is 13.8 Å². The van der Waals surface area contributed by atoms with Crippen LogP contribution in [0.25, 0.3) is 0 Å². The summed E-state index contributed by atoms with van der Waals surface area (Å²) in [5.41, 5.74) is 10.9. The number of anilines is 2. The molecule has 17 heavy (non-hydrogen) atoms. The number of aromatic nitrogens is 1. The van der Waals surface area contributed by atoms with Crippen molar-refractivity contribution in [3.05, 3.63) is 53.3 Å². The van der Waals surface area contributed by atoms with Crippen LogP contribution in [0.4, 0.5) is 11.4 Å². The first-order chi connectivity index (χ1) is 8.15. The van der Waals surface area contributed by atoms with E-state index in [-0.39, 0.29) is 0 Å². The van der Waals surface area contributed by atoms with Crippen molar-refractivity contribution < 1.29 is 0 Å².